The van der Waals surface area contributed by atoms with Gasteiger partial charge in [-0.25, -0.2) is 0 Å². The lowest BCUT2D eigenvalue weighted by atomic mass is 10.2. The highest BCUT2D eigenvalue weighted by Crippen LogP contribution is 2.33. The van der Waals surface area contributed by atoms with Gasteiger partial charge in [0, 0.05) is 6.54 Å². The van der Waals surface area contributed by atoms with E-state index in [1.807, 2.05) is 0 Å². The number of thioether (sulfide) groups is 1. The first-order chi connectivity index (χ1) is 9.34. The number of amides is 1. The van der Waals surface area contributed by atoms with Crippen LogP contribution in [-0.2, 0) is 14.9 Å². The minimum atomic E-state index is -4.34. The number of thiocarbonyl (C=S) groups is 1. The van der Waals surface area contributed by atoms with E-state index in [1.54, 1.807) is 13.0 Å². The lowest BCUT2D eigenvalue weighted by Gasteiger charge is -2.09. The van der Waals surface area contributed by atoms with E-state index in [0.29, 0.717) is 15.8 Å². The molecule has 0 spiro atoms. The summed E-state index contributed by atoms with van der Waals surface area (Å²) in [5.74, 6) is -0.257. The highest BCUT2D eigenvalue weighted by atomic mass is 32.2. The van der Waals surface area contributed by atoms with Gasteiger partial charge in [-0.05, 0) is 24.6 Å². The second-order valence-corrected chi connectivity index (χ2v) is 7.00. The largest absolute Gasteiger partial charge is 0.295 e. The maximum absolute atomic E-state index is 12.0. The summed E-state index contributed by atoms with van der Waals surface area (Å²) in [6.07, 6.45) is 1.43. The minimum absolute atomic E-state index is 0.234. The van der Waals surface area contributed by atoms with Crippen LogP contribution in [0, 0.1) is 0 Å². The van der Waals surface area contributed by atoms with Gasteiger partial charge >= 0.3 is 0 Å². The molecule has 1 fully saturated rings. The van der Waals surface area contributed by atoms with Crippen LogP contribution in [0.4, 0.5) is 0 Å². The zero-order valence-corrected chi connectivity index (χ0v) is 12.9. The molecular weight excluding hydrogens is 318 g/mol. The molecule has 1 aliphatic heterocycles. The quantitative estimate of drug-likeness (QED) is 0.520. The molecule has 1 aromatic carbocycles. The maximum Gasteiger partial charge on any atom is 0.295 e. The highest BCUT2D eigenvalue weighted by Gasteiger charge is 2.31. The summed E-state index contributed by atoms with van der Waals surface area (Å²) < 4.78 is 32.2. The van der Waals surface area contributed by atoms with Crippen LogP contribution in [-0.4, -0.2) is 34.6 Å². The zero-order chi connectivity index (χ0) is 14.9. The summed E-state index contributed by atoms with van der Waals surface area (Å²) in [7, 11) is -4.34. The van der Waals surface area contributed by atoms with E-state index < -0.39 is 10.1 Å². The third-order valence-electron chi connectivity index (χ3n) is 2.67. The predicted octanol–water partition coefficient (Wildman–Crippen LogP) is 2.15. The SMILES string of the molecule is CCN1C(=O)/C(=C/c2ccccc2S(=O)(=O)O)SC1=S. The molecule has 0 bridgehead atoms. The molecule has 0 radical (unpaired) electrons. The van der Waals surface area contributed by atoms with Crippen LogP contribution in [0.15, 0.2) is 34.1 Å². The Morgan fingerprint density at radius 1 is 1.40 bits per heavy atom. The Balaban J connectivity index is 2.48. The molecule has 0 unspecified atom stereocenters. The van der Waals surface area contributed by atoms with E-state index in [9.17, 15) is 17.8 Å². The highest BCUT2D eigenvalue weighted by molar-refractivity contribution is 8.26. The molecule has 1 saturated heterocycles. The van der Waals surface area contributed by atoms with Gasteiger partial charge in [-0.2, -0.15) is 8.42 Å². The Hall–Kier alpha value is -1.22. The minimum Gasteiger partial charge on any atom is -0.293 e. The molecule has 106 valence electrons. The predicted molar refractivity (Wildman–Crippen MR) is 81.8 cm³/mol. The summed E-state index contributed by atoms with van der Waals surface area (Å²) in [6, 6.07) is 5.92. The third-order valence-corrected chi connectivity index (χ3v) is 4.98. The van der Waals surface area contributed by atoms with Crippen molar-refractivity contribution in [1.82, 2.24) is 4.90 Å². The molecule has 1 aromatic rings. The van der Waals surface area contributed by atoms with Crippen molar-refractivity contribution in [2.75, 3.05) is 6.54 Å². The second-order valence-electron chi connectivity index (χ2n) is 3.94. The van der Waals surface area contributed by atoms with E-state index in [2.05, 4.69) is 0 Å². The number of rotatable bonds is 3. The van der Waals surface area contributed by atoms with E-state index in [0.717, 1.165) is 11.8 Å². The molecular formula is C12H11NO4S3. The van der Waals surface area contributed by atoms with Gasteiger partial charge in [0.15, 0.2) is 0 Å². The van der Waals surface area contributed by atoms with Gasteiger partial charge < -0.3 is 0 Å². The fraction of sp³-hybridized carbons (Fsp3) is 0.167. The summed E-state index contributed by atoms with van der Waals surface area (Å²) in [4.78, 5) is 13.6. The van der Waals surface area contributed by atoms with Crippen molar-refractivity contribution in [3.8, 4) is 0 Å². The van der Waals surface area contributed by atoms with Crippen molar-refractivity contribution in [2.24, 2.45) is 0 Å². The van der Waals surface area contributed by atoms with E-state index in [1.165, 1.54) is 29.2 Å². The Morgan fingerprint density at radius 3 is 2.60 bits per heavy atom. The second kappa shape index (κ2) is 5.65. The average Bonchev–Trinajstić information content (AvgIpc) is 2.63. The first-order valence-corrected chi connectivity index (χ1v) is 8.33. The van der Waals surface area contributed by atoms with Gasteiger partial charge in [0.05, 0.1) is 4.91 Å². The van der Waals surface area contributed by atoms with Crippen molar-refractivity contribution in [2.45, 2.75) is 11.8 Å². The molecule has 20 heavy (non-hydrogen) atoms. The maximum atomic E-state index is 12.0. The summed E-state index contributed by atoms with van der Waals surface area (Å²) in [5, 5.41) is 0. The number of hydrogen-bond donors (Lipinski definition) is 1. The third kappa shape index (κ3) is 2.93. The Morgan fingerprint density at radius 2 is 2.05 bits per heavy atom. The van der Waals surface area contributed by atoms with Crippen LogP contribution in [0.3, 0.4) is 0 Å². The molecule has 0 saturated carbocycles. The lowest BCUT2D eigenvalue weighted by Crippen LogP contribution is -2.27. The number of benzene rings is 1. The van der Waals surface area contributed by atoms with Crippen LogP contribution < -0.4 is 0 Å². The van der Waals surface area contributed by atoms with Gasteiger partial charge in [0.2, 0.25) is 0 Å². The molecule has 0 aliphatic carbocycles. The van der Waals surface area contributed by atoms with Crippen molar-refractivity contribution >= 4 is 50.4 Å². The first-order valence-electron chi connectivity index (χ1n) is 5.66. The van der Waals surface area contributed by atoms with Crippen LogP contribution >= 0.6 is 24.0 Å². The topological polar surface area (TPSA) is 74.7 Å². The molecule has 2 rings (SSSR count). The molecule has 0 atom stereocenters. The van der Waals surface area contributed by atoms with Gasteiger partial charge in [-0.15, -0.1) is 0 Å². The van der Waals surface area contributed by atoms with Gasteiger partial charge in [0.1, 0.15) is 9.22 Å². The summed E-state index contributed by atoms with van der Waals surface area (Å²) >= 11 is 6.19. The van der Waals surface area contributed by atoms with Crippen LogP contribution in [0.5, 0.6) is 0 Å². The molecule has 1 amide bonds. The number of carbonyl (C=O) groups is 1. The van der Waals surface area contributed by atoms with Crippen LogP contribution in [0.1, 0.15) is 12.5 Å². The molecule has 8 heteroatoms. The van der Waals surface area contributed by atoms with Crippen molar-refractivity contribution in [3.63, 3.8) is 0 Å². The standard InChI is InChI=1S/C12H11NO4S3/c1-2-13-11(14)9(19-12(13)18)7-8-5-3-4-6-10(8)20(15,16)17/h3-7H,2H2,1H3,(H,15,16,17)/b9-7-. The smallest absolute Gasteiger partial charge is 0.293 e. The van der Waals surface area contributed by atoms with Gasteiger partial charge in [-0.1, -0.05) is 42.2 Å². The van der Waals surface area contributed by atoms with Crippen LogP contribution in [0.25, 0.3) is 6.08 Å². The average molecular weight is 329 g/mol. The molecule has 1 aliphatic rings. The summed E-state index contributed by atoms with van der Waals surface area (Å²) in [6.45, 7) is 2.27. The van der Waals surface area contributed by atoms with E-state index in [4.69, 9.17) is 12.2 Å². The van der Waals surface area contributed by atoms with E-state index in [-0.39, 0.29) is 16.4 Å². The first kappa shape index (κ1) is 15.2. The number of hydrogen-bond acceptors (Lipinski definition) is 5. The fourth-order valence-corrected chi connectivity index (χ4v) is 3.80. The van der Waals surface area contributed by atoms with Crippen LogP contribution in [0.2, 0.25) is 0 Å². The Bertz CT molecular complexity index is 709. The molecule has 5 nitrogen and oxygen atoms in total. The molecule has 1 heterocycles. The summed E-state index contributed by atoms with van der Waals surface area (Å²) in [5.41, 5.74) is 0.256. The number of carbonyl (C=O) groups excluding carboxylic acids is 1. The molecule has 0 aromatic heterocycles. The number of nitrogens with zero attached hydrogens (tertiary/aromatic N) is 1. The Labute approximate surface area is 126 Å². The number of likely N-dealkylation sites (N-methyl/N-ethyl adjacent to an activating group) is 1. The van der Waals surface area contributed by atoms with Gasteiger partial charge in [-0.3, -0.25) is 14.2 Å². The van der Waals surface area contributed by atoms with E-state index >= 15 is 0 Å². The molecule has 1 N–H and O–H groups in total. The normalized spacial score (nSPS) is 18.1. The Kier molecular flexibility index (Phi) is 4.28. The van der Waals surface area contributed by atoms with Crippen molar-refractivity contribution < 1.29 is 17.8 Å². The zero-order valence-electron chi connectivity index (χ0n) is 10.4. The van der Waals surface area contributed by atoms with Gasteiger partial charge in [0.25, 0.3) is 16.0 Å². The fourth-order valence-electron chi connectivity index (χ4n) is 1.75. The monoisotopic (exact) mass is 329 g/mol. The van der Waals surface area contributed by atoms with Crippen molar-refractivity contribution in [3.05, 3.63) is 34.7 Å². The lowest BCUT2D eigenvalue weighted by molar-refractivity contribution is -0.121. The van der Waals surface area contributed by atoms with Crippen molar-refractivity contribution in [1.29, 1.82) is 0 Å².